The van der Waals surface area contributed by atoms with Crippen molar-refractivity contribution in [2.75, 3.05) is 5.32 Å². The third-order valence-corrected chi connectivity index (χ3v) is 4.08. The number of nitrogens with zero attached hydrogens (tertiary/aromatic N) is 2. The lowest BCUT2D eigenvalue weighted by Crippen LogP contribution is -2.21. The van der Waals surface area contributed by atoms with Crippen molar-refractivity contribution in [1.82, 2.24) is 9.97 Å². The van der Waals surface area contributed by atoms with Gasteiger partial charge >= 0.3 is 0 Å². The lowest BCUT2D eigenvalue weighted by Gasteiger charge is -2.21. The van der Waals surface area contributed by atoms with Gasteiger partial charge in [-0.25, -0.2) is 9.97 Å². The average Bonchev–Trinajstić information content (AvgIpc) is 2.32. The highest BCUT2D eigenvalue weighted by Crippen LogP contribution is 2.21. The van der Waals surface area contributed by atoms with Gasteiger partial charge in [0.15, 0.2) is 0 Å². The third kappa shape index (κ3) is 5.09. The number of hydrogen-bond donors (Lipinski definition) is 1. The Bertz CT molecular complexity index is 387. The summed E-state index contributed by atoms with van der Waals surface area (Å²) < 4.78 is 0.888. The van der Waals surface area contributed by atoms with Crippen LogP contribution in [-0.2, 0) is 6.42 Å². The molecule has 0 aromatic carbocycles. The summed E-state index contributed by atoms with van der Waals surface area (Å²) in [6, 6.07) is 2.58. The third-order valence-electron chi connectivity index (χ3n) is 3.67. The summed E-state index contributed by atoms with van der Waals surface area (Å²) in [4.78, 5) is 9.03. The van der Waals surface area contributed by atoms with Crippen LogP contribution in [0, 0.1) is 0 Å². The second kappa shape index (κ2) is 7.83. The number of hydrogen-bond acceptors (Lipinski definition) is 3. The Morgan fingerprint density at radius 3 is 2.53 bits per heavy atom. The Hall–Kier alpha value is -0.640. The molecule has 0 radical (unpaired) electrons. The minimum absolute atomic E-state index is 0.580. The average molecular weight is 326 g/mol. The maximum atomic E-state index is 4.62. The van der Waals surface area contributed by atoms with E-state index in [1.165, 1.54) is 44.9 Å². The van der Waals surface area contributed by atoms with Crippen LogP contribution in [0.15, 0.2) is 10.7 Å². The van der Waals surface area contributed by atoms with Gasteiger partial charge in [-0.1, -0.05) is 39.0 Å². The molecule has 1 aromatic rings. The van der Waals surface area contributed by atoms with Gasteiger partial charge in [-0.05, 0) is 35.2 Å². The highest BCUT2D eigenvalue weighted by Gasteiger charge is 2.12. The summed E-state index contributed by atoms with van der Waals surface area (Å²) in [6.07, 6.45) is 11.4. The molecule has 0 amide bonds. The maximum Gasteiger partial charge on any atom is 0.132 e. The second-order valence-corrected chi connectivity index (χ2v) is 6.24. The fourth-order valence-corrected chi connectivity index (χ4v) is 3.11. The molecule has 4 heteroatoms. The zero-order valence-electron chi connectivity index (χ0n) is 11.8. The van der Waals surface area contributed by atoms with Gasteiger partial charge in [0.25, 0.3) is 0 Å². The number of nitrogens with one attached hydrogen (secondary N) is 1. The monoisotopic (exact) mass is 325 g/mol. The molecule has 1 aliphatic carbocycles. The Morgan fingerprint density at radius 2 is 1.84 bits per heavy atom. The molecule has 2 rings (SSSR count). The Labute approximate surface area is 124 Å². The minimum atomic E-state index is 0.580. The quantitative estimate of drug-likeness (QED) is 0.814. The van der Waals surface area contributed by atoms with Crippen molar-refractivity contribution in [2.45, 2.75) is 70.8 Å². The minimum Gasteiger partial charge on any atom is -0.367 e. The topological polar surface area (TPSA) is 37.8 Å². The largest absolute Gasteiger partial charge is 0.367 e. The van der Waals surface area contributed by atoms with Gasteiger partial charge in [0.1, 0.15) is 16.2 Å². The molecule has 0 spiro atoms. The lowest BCUT2D eigenvalue weighted by molar-refractivity contribution is 0.470. The predicted octanol–water partition coefficient (Wildman–Crippen LogP) is 4.72. The number of aromatic nitrogens is 2. The molecule has 0 saturated heterocycles. The van der Waals surface area contributed by atoms with E-state index in [1.807, 2.05) is 6.07 Å². The number of halogens is 1. The number of rotatable bonds is 4. The lowest BCUT2D eigenvalue weighted by atomic mass is 9.97. The fourth-order valence-electron chi connectivity index (χ4n) is 2.68. The smallest absolute Gasteiger partial charge is 0.132 e. The van der Waals surface area contributed by atoms with E-state index in [9.17, 15) is 0 Å². The van der Waals surface area contributed by atoms with Crippen LogP contribution >= 0.6 is 15.9 Å². The van der Waals surface area contributed by atoms with E-state index in [0.717, 1.165) is 29.1 Å². The summed E-state index contributed by atoms with van der Waals surface area (Å²) >= 11 is 3.48. The Kier molecular flexibility index (Phi) is 6.08. The molecule has 3 nitrogen and oxygen atoms in total. The first-order valence-electron chi connectivity index (χ1n) is 7.58. The molecule has 0 unspecified atom stereocenters. The Balaban J connectivity index is 1.99. The first-order chi connectivity index (χ1) is 9.28. The van der Waals surface area contributed by atoms with E-state index < -0.39 is 0 Å². The molecule has 0 bridgehead atoms. The van der Waals surface area contributed by atoms with E-state index in [0.29, 0.717) is 6.04 Å². The maximum absolute atomic E-state index is 4.62. The molecular weight excluding hydrogens is 302 g/mol. The van der Waals surface area contributed by atoms with Crippen LogP contribution < -0.4 is 5.32 Å². The molecule has 1 N–H and O–H groups in total. The zero-order valence-corrected chi connectivity index (χ0v) is 13.4. The van der Waals surface area contributed by atoms with Crippen LogP contribution in [0.3, 0.4) is 0 Å². The van der Waals surface area contributed by atoms with E-state index in [2.05, 4.69) is 38.1 Å². The molecule has 0 atom stereocenters. The molecule has 1 saturated carbocycles. The summed E-state index contributed by atoms with van der Waals surface area (Å²) in [7, 11) is 0. The molecule has 1 aromatic heterocycles. The van der Waals surface area contributed by atoms with Crippen molar-refractivity contribution >= 4 is 21.7 Å². The van der Waals surface area contributed by atoms with E-state index >= 15 is 0 Å². The van der Waals surface area contributed by atoms with Crippen molar-refractivity contribution in [1.29, 1.82) is 0 Å². The number of anilines is 1. The van der Waals surface area contributed by atoms with Crippen molar-refractivity contribution in [3.8, 4) is 0 Å². The standard InChI is InChI=1S/C15H24BrN3/c1-2-8-14-18-13(16)11-15(19-14)17-12-9-6-4-3-5-7-10-12/h11-12H,2-10H2,1H3,(H,17,18,19). The van der Waals surface area contributed by atoms with E-state index in [-0.39, 0.29) is 0 Å². The van der Waals surface area contributed by atoms with Crippen molar-refractivity contribution in [3.05, 3.63) is 16.5 Å². The Morgan fingerprint density at radius 1 is 1.16 bits per heavy atom. The van der Waals surface area contributed by atoms with Crippen LogP contribution in [0.4, 0.5) is 5.82 Å². The first kappa shape index (κ1) is 14.8. The number of aryl methyl sites for hydroxylation is 1. The van der Waals surface area contributed by atoms with Crippen molar-refractivity contribution < 1.29 is 0 Å². The van der Waals surface area contributed by atoms with Crippen molar-refractivity contribution in [2.24, 2.45) is 0 Å². The van der Waals surface area contributed by atoms with E-state index in [1.54, 1.807) is 0 Å². The van der Waals surface area contributed by atoms with Gasteiger partial charge < -0.3 is 5.32 Å². The van der Waals surface area contributed by atoms with Crippen LogP contribution in [0.2, 0.25) is 0 Å². The summed E-state index contributed by atoms with van der Waals surface area (Å²) in [5.74, 6) is 1.92. The second-order valence-electron chi connectivity index (χ2n) is 5.43. The van der Waals surface area contributed by atoms with Gasteiger partial charge in [-0.3, -0.25) is 0 Å². The van der Waals surface area contributed by atoms with Crippen LogP contribution in [-0.4, -0.2) is 16.0 Å². The zero-order chi connectivity index (χ0) is 13.5. The molecule has 1 fully saturated rings. The molecule has 0 aliphatic heterocycles. The fraction of sp³-hybridized carbons (Fsp3) is 0.733. The normalized spacial score (nSPS) is 17.8. The van der Waals surface area contributed by atoms with Gasteiger partial charge in [0.05, 0.1) is 0 Å². The van der Waals surface area contributed by atoms with E-state index in [4.69, 9.17) is 0 Å². The summed E-state index contributed by atoms with van der Waals surface area (Å²) in [5.41, 5.74) is 0. The highest BCUT2D eigenvalue weighted by atomic mass is 79.9. The summed E-state index contributed by atoms with van der Waals surface area (Å²) in [6.45, 7) is 2.16. The predicted molar refractivity (Wildman–Crippen MR) is 83.5 cm³/mol. The summed E-state index contributed by atoms with van der Waals surface area (Å²) in [5, 5.41) is 3.61. The van der Waals surface area contributed by atoms with Crippen molar-refractivity contribution in [3.63, 3.8) is 0 Å². The van der Waals surface area contributed by atoms with Gasteiger partial charge in [0, 0.05) is 18.5 Å². The molecule has 19 heavy (non-hydrogen) atoms. The molecule has 1 aliphatic rings. The van der Waals surface area contributed by atoms with Crippen LogP contribution in [0.5, 0.6) is 0 Å². The van der Waals surface area contributed by atoms with Crippen LogP contribution in [0.25, 0.3) is 0 Å². The van der Waals surface area contributed by atoms with Gasteiger partial charge in [-0.2, -0.15) is 0 Å². The molecular formula is C15H24BrN3. The molecule has 1 heterocycles. The molecule has 106 valence electrons. The van der Waals surface area contributed by atoms with Gasteiger partial charge in [0.2, 0.25) is 0 Å². The highest BCUT2D eigenvalue weighted by molar-refractivity contribution is 9.10. The SMILES string of the molecule is CCCc1nc(Br)cc(NC2CCCCCCC2)n1. The first-order valence-corrected chi connectivity index (χ1v) is 8.37. The van der Waals surface area contributed by atoms with Crippen LogP contribution in [0.1, 0.15) is 64.1 Å². The van der Waals surface area contributed by atoms with Gasteiger partial charge in [-0.15, -0.1) is 0 Å².